The summed E-state index contributed by atoms with van der Waals surface area (Å²) < 4.78 is 6.19. The van der Waals surface area contributed by atoms with Crippen molar-refractivity contribution >= 4 is 0 Å². The molecule has 5 rings (SSSR count). The van der Waals surface area contributed by atoms with Crippen molar-refractivity contribution in [3.8, 4) is 11.1 Å². The average Bonchev–Trinajstić information content (AvgIpc) is 3.08. The standard InChI is InChI=1S/C25H25NO/c1-2-8-19(9-3-1)18-27-20-14-16-26(17-15-20)25-23-12-6-4-10-21(23)22-11-5-7-13-24(22)25/h1-13,20,25H,14-18H2. The van der Waals surface area contributed by atoms with Crippen molar-refractivity contribution < 1.29 is 4.74 Å². The lowest BCUT2D eigenvalue weighted by Crippen LogP contribution is -2.39. The van der Waals surface area contributed by atoms with Crippen molar-refractivity contribution in [3.05, 3.63) is 95.6 Å². The van der Waals surface area contributed by atoms with Crippen molar-refractivity contribution in [2.75, 3.05) is 13.1 Å². The van der Waals surface area contributed by atoms with E-state index in [4.69, 9.17) is 4.74 Å². The monoisotopic (exact) mass is 355 g/mol. The molecule has 3 aromatic rings. The molecule has 0 N–H and O–H groups in total. The summed E-state index contributed by atoms with van der Waals surface area (Å²) in [6, 6.07) is 28.7. The molecular formula is C25H25NO. The zero-order chi connectivity index (χ0) is 18.1. The lowest BCUT2D eigenvalue weighted by molar-refractivity contribution is -0.00773. The maximum absolute atomic E-state index is 6.19. The molecule has 1 saturated heterocycles. The highest BCUT2D eigenvalue weighted by Gasteiger charge is 2.34. The molecule has 0 atom stereocenters. The summed E-state index contributed by atoms with van der Waals surface area (Å²) in [5, 5.41) is 0. The summed E-state index contributed by atoms with van der Waals surface area (Å²) in [6.07, 6.45) is 2.58. The Bertz CT molecular complexity index is 867. The molecule has 1 aliphatic heterocycles. The predicted molar refractivity (Wildman–Crippen MR) is 110 cm³/mol. The molecule has 0 radical (unpaired) electrons. The molecule has 0 spiro atoms. The van der Waals surface area contributed by atoms with E-state index in [0.717, 1.165) is 32.5 Å². The van der Waals surface area contributed by atoms with Crippen LogP contribution < -0.4 is 0 Å². The van der Waals surface area contributed by atoms with Crippen LogP contribution in [0, 0.1) is 0 Å². The number of ether oxygens (including phenoxy) is 1. The van der Waals surface area contributed by atoms with Gasteiger partial charge in [-0.15, -0.1) is 0 Å². The van der Waals surface area contributed by atoms with E-state index >= 15 is 0 Å². The number of hydrogen-bond donors (Lipinski definition) is 0. The van der Waals surface area contributed by atoms with Crippen LogP contribution in [0.25, 0.3) is 11.1 Å². The summed E-state index contributed by atoms with van der Waals surface area (Å²) >= 11 is 0. The molecule has 0 unspecified atom stereocenters. The first-order chi connectivity index (χ1) is 13.4. The van der Waals surface area contributed by atoms with E-state index in [-0.39, 0.29) is 0 Å². The van der Waals surface area contributed by atoms with Crippen LogP contribution in [0.1, 0.15) is 35.6 Å². The minimum Gasteiger partial charge on any atom is -0.373 e. The number of piperidine rings is 1. The van der Waals surface area contributed by atoms with Crippen molar-refractivity contribution in [2.45, 2.75) is 31.6 Å². The zero-order valence-electron chi connectivity index (χ0n) is 15.6. The largest absolute Gasteiger partial charge is 0.373 e. The third-order valence-corrected chi connectivity index (χ3v) is 5.97. The van der Waals surface area contributed by atoms with Crippen LogP contribution >= 0.6 is 0 Å². The highest BCUT2D eigenvalue weighted by atomic mass is 16.5. The van der Waals surface area contributed by atoms with E-state index in [1.807, 2.05) is 0 Å². The van der Waals surface area contributed by atoms with Gasteiger partial charge in [0.15, 0.2) is 0 Å². The van der Waals surface area contributed by atoms with Crippen LogP contribution in [0.15, 0.2) is 78.9 Å². The normalized spacial score (nSPS) is 17.6. The van der Waals surface area contributed by atoms with Gasteiger partial charge in [-0.2, -0.15) is 0 Å². The van der Waals surface area contributed by atoms with Crippen molar-refractivity contribution in [2.24, 2.45) is 0 Å². The van der Waals surface area contributed by atoms with Gasteiger partial charge in [0, 0.05) is 13.1 Å². The number of fused-ring (bicyclic) bond motifs is 3. The van der Waals surface area contributed by atoms with E-state index in [9.17, 15) is 0 Å². The fraction of sp³-hybridized carbons (Fsp3) is 0.280. The Balaban J connectivity index is 1.29. The molecule has 0 amide bonds. The maximum Gasteiger partial charge on any atom is 0.0720 e. The molecule has 0 saturated carbocycles. The lowest BCUT2D eigenvalue weighted by Gasteiger charge is -2.36. The number of likely N-dealkylation sites (tertiary alicyclic amines) is 1. The van der Waals surface area contributed by atoms with Gasteiger partial charge in [-0.25, -0.2) is 0 Å². The first-order valence-corrected chi connectivity index (χ1v) is 9.98. The van der Waals surface area contributed by atoms with Gasteiger partial charge in [0.2, 0.25) is 0 Å². The van der Waals surface area contributed by atoms with Crippen molar-refractivity contribution in [3.63, 3.8) is 0 Å². The van der Waals surface area contributed by atoms with Gasteiger partial charge in [-0.3, -0.25) is 4.90 Å². The van der Waals surface area contributed by atoms with Gasteiger partial charge in [-0.1, -0.05) is 78.9 Å². The minimum atomic E-state index is 0.369. The molecule has 2 nitrogen and oxygen atoms in total. The van der Waals surface area contributed by atoms with Crippen molar-refractivity contribution in [1.29, 1.82) is 0 Å². The Kier molecular flexibility index (Phi) is 4.52. The van der Waals surface area contributed by atoms with Crippen LogP contribution in [0.5, 0.6) is 0 Å². The average molecular weight is 355 g/mol. The SMILES string of the molecule is c1ccc(COC2CCN(C3c4ccccc4-c4ccccc43)CC2)cc1. The summed E-state index contributed by atoms with van der Waals surface area (Å²) in [4.78, 5) is 2.65. The predicted octanol–water partition coefficient (Wildman–Crippen LogP) is 5.44. The zero-order valence-corrected chi connectivity index (χ0v) is 15.6. The van der Waals surface area contributed by atoms with Crippen molar-refractivity contribution in [1.82, 2.24) is 4.90 Å². The molecule has 1 heterocycles. The highest BCUT2D eigenvalue weighted by Crippen LogP contribution is 2.46. The fourth-order valence-electron chi connectivity index (χ4n) is 4.61. The molecular weight excluding hydrogens is 330 g/mol. The van der Waals surface area contributed by atoms with Gasteiger partial charge in [0.1, 0.15) is 0 Å². The third-order valence-electron chi connectivity index (χ3n) is 5.97. The summed E-state index contributed by atoms with van der Waals surface area (Å²) in [5.74, 6) is 0. The number of benzene rings is 3. The quantitative estimate of drug-likeness (QED) is 0.618. The molecule has 2 aliphatic rings. The Morgan fingerprint density at radius 2 is 1.26 bits per heavy atom. The van der Waals surface area contributed by atoms with E-state index in [2.05, 4.69) is 83.8 Å². The Morgan fingerprint density at radius 1 is 0.704 bits per heavy atom. The van der Waals surface area contributed by atoms with Gasteiger partial charge >= 0.3 is 0 Å². The van der Waals surface area contributed by atoms with Crippen LogP contribution in [0.4, 0.5) is 0 Å². The van der Waals surface area contributed by atoms with Gasteiger partial charge in [0.25, 0.3) is 0 Å². The van der Waals surface area contributed by atoms with Crippen LogP contribution in [-0.4, -0.2) is 24.1 Å². The Labute approximate surface area is 161 Å². The first-order valence-electron chi connectivity index (χ1n) is 9.98. The van der Waals surface area contributed by atoms with Crippen LogP contribution in [0.2, 0.25) is 0 Å². The number of rotatable bonds is 4. The van der Waals surface area contributed by atoms with E-state index in [0.29, 0.717) is 12.1 Å². The van der Waals surface area contributed by atoms with Gasteiger partial charge in [0.05, 0.1) is 18.8 Å². The summed E-state index contributed by atoms with van der Waals surface area (Å²) in [6.45, 7) is 2.90. The van der Waals surface area contributed by atoms with Gasteiger partial charge < -0.3 is 4.74 Å². The third kappa shape index (κ3) is 3.20. The minimum absolute atomic E-state index is 0.369. The maximum atomic E-state index is 6.19. The second-order valence-corrected chi connectivity index (χ2v) is 7.61. The molecule has 0 bridgehead atoms. The topological polar surface area (TPSA) is 12.5 Å². The van der Waals surface area contributed by atoms with Gasteiger partial charge in [-0.05, 0) is 40.7 Å². The molecule has 1 aliphatic carbocycles. The second-order valence-electron chi connectivity index (χ2n) is 7.61. The molecule has 0 aromatic heterocycles. The molecule has 27 heavy (non-hydrogen) atoms. The fourth-order valence-corrected chi connectivity index (χ4v) is 4.61. The van der Waals surface area contributed by atoms with Crippen LogP contribution in [-0.2, 0) is 11.3 Å². The summed E-state index contributed by atoms with van der Waals surface area (Å²) in [5.41, 5.74) is 6.99. The lowest BCUT2D eigenvalue weighted by atomic mass is 9.99. The Morgan fingerprint density at radius 3 is 1.89 bits per heavy atom. The van der Waals surface area contributed by atoms with E-state index in [1.165, 1.54) is 27.8 Å². The molecule has 3 aromatic carbocycles. The van der Waals surface area contributed by atoms with E-state index < -0.39 is 0 Å². The first kappa shape index (κ1) is 16.7. The number of nitrogens with zero attached hydrogens (tertiary/aromatic N) is 1. The smallest absolute Gasteiger partial charge is 0.0720 e. The second kappa shape index (κ2) is 7.30. The number of hydrogen-bond acceptors (Lipinski definition) is 2. The highest BCUT2D eigenvalue weighted by molar-refractivity contribution is 5.78. The molecule has 2 heteroatoms. The molecule has 1 fully saturated rings. The molecule has 136 valence electrons. The van der Waals surface area contributed by atoms with E-state index in [1.54, 1.807) is 0 Å². The summed E-state index contributed by atoms with van der Waals surface area (Å²) in [7, 11) is 0. The Hall–Kier alpha value is -2.42. The van der Waals surface area contributed by atoms with Crippen LogP contribution in [0.3, 0.4) is 0 Å².